The Morgan fingerprint density at radius 1 is 1.30 bits per heavy atom. The minimum Gasteiger partial charge on any atom is -0.492 e. The number of imide groups is 1. The van der Waals surface area contributed by atoms with Crippen molar-refractivity contribution >= 4 is 17.5 Å². The molecule has 0 saturated carbocycles. The zero-order valence-electron chi connectivity index (χ0n) is 11.9. The molecule has 0 radical (unpaired) electrons. The van der Waals surface area contributed by atoms with Gasteiger partial charge in [-0.25, -0.2) is 0 Å². The van der Waals surface area contributed by atoms with E-state index in [1.54, 1.807) is 0 Å². The summed E-state index contributed by atoms with van der Waals surface area (Å²) in [5, 5.41) is 3.13. The van der Waals surface area contributed by atoms with E-state index < -0.39 is 6.04 Å². The van der Waals surface area contributed by atoms with Crippen molar-refractivity contribution in [1.82, 2.24) is 4.90 Å². The molecule has 1 N–H and O–H groups in total. The van der Waals surface area contributed by atoms with Crippen molar-refractivity contribution in [2.75, 3.05) is 18.5 Å². The number of ether oxygens (including phenoxy) is 1. The molecule has 0 aliphatic carbocycles. The highest BCUT2D eigenvalue weighted by molar-refractivity contribution is 6.06. The number of carbonyl (C=O) groups is 2. The van der Waals surface area contributed by atoms with Crippen LogP contribution in [0.1, 0.15) is 26.7 Å². The molecule has 1 aromatic carbocycles. The Morgan fingerprint density at radius 3 is 2.75 bits per heavy atom. The van der Waals surface area contributed by atoms with Gasteiger partial charge in [-0.1, -0.05) is 19.1 Å². The second kappa shape index (κ2) is 6.41. The first-order valence-corrected chi connectivity index (χ1v) is 7.00. The number of likely N-dealkylation sites (tertiary alicyclic amines) is 1. The summed E-state index contributed by atoms with van der Waals surface area (Å²) in [5.41, 5.74) is 0.749. The molecule has 1 heterocycles. The van der Waals surface area contributed by atoms with Gasteiger partial charge in [0.15, 0.2) is 0 Å². The molecule has 2 rings (SSSR count). The number of nitrogens with zero attached hydrogens (tertiary/aromatic N) is 1. The molecule has 1 unspecified atom stereocenters. The van der Waals surface area contributed by atoms with Gasteiger partial charge in [-0.3, -0.25) is 14.5 Å². The molecule has 0 aromatic heterocycles. The van der Waals surface area contributed by atoms with Crippen LogP contribution in [0.3, 0.4) is 0 Å². The van der Waals surface area contributed by atoms with Gasteiger partial charge in [0.1, 0.15) is 11.8 Å². The van der Waals surface area contributed by atoms with Gasteiger partial charge in [0, 0.05) is 6.54 Å². The molecule has 5 heteroatoms. The van der Waals surface area contributed by atoms with Gasteiger partial charge in [0.05, 0.1) is 18.7 Å². The van der Waals surface area contributed by atoms with E-state index in [9.17, 15) is 9.59 Å². The summed E-state index contributed by atoms with van der Waals surface area (Å²) in [4.78, 5) is 25.3. The van der Waals surface area contributed by atoms with E-state index in [2.05, 4.69) is 5.32 Å². The Kier molecular flexibility index (Phi) is 4.61. The quantitative estimate of drug-likeness (QED) is 0.808. The SMILES string of the molecule is CCCN1C(=O)CC(Nc2ccccc2OCC)C1=O. The third-order valence-corrected chi connectivity index (χ3v) is 3.21. The molecular weight excluding hydrogens is 256 g/mol. The fourth-order valence-corrected chi connectivity index (χ4v) is 2.31. The van der Waals surface area contributed by atoms with Crippen LogP contribution >= 0.6 is 0 Å². The monoisotopic (exact) mass is 276 g/mol. The maximum absolute atomic E-state index is 12.2. The average molecular weight is 276 g/mol. The lowest BCUT2D eigenvalue weighted by atomic mass is 10.2. The minimum atomic E-state index is -0.490. The number of benzene rings is 1. The predicted octanol–water partition coefficient (Wildman–Crippen LogP) is 2.03. The van der Waals surface area contributed by atoms with Crippen LogP contribution in [-0.4, -0.2) is 35.9 Å². The number of carbonyl (C=O) groups excluding carboxylic acids is 2. The zero-order valence-corrected chi connectivity index (χ0v) is 11.9. The van der Waals surface area contributed by atoms with Crippen LogP contribution in [-0.2, 0) is 9.59 Å². The third-order valence-electron chi connectivity index (χ3n) is 3.21. The topological polar surface area (TPSA) is 58.6 Å². The summed E-state index contributed by atoms with van der Waals surface area (Å²) >= 11 is 0. The van der Waals surface area contributed by atoms with Crippen molar-refractivity contribution in [2.24, 2.45) is 0 Å². The lowest BCUT2D eigenvalue weighted by Gasteiger charge is -2.17. The van der Waals surface area contributed by atoms with Crippen LogP contribution in [0.5, 0.6) is 5.75 Å². The highest BCUT2D eigenvalue weighted by Gasteiger charge is 2.38. The number of rotatable bonds is 6. The van der Waals surface area contributed by atoms with E-state index in [1.807, 2.05) is 38.1 Å². The fraction of sp³-hybridized carbons (Fsp3) is 0.467. The predicted molar refractivity (Wildman–Crippen MR) is 76.6 cm³/mol. The molecule has 108 valence electrons. The van der Waals surface area contributed by atoms with E-state index in [0.29, 0.717) is 18.9 Å². The number of anilines is 1. The summed E-state index contributed by atoms with van der Waals surface area (Å²) in [6.45, 7) is 4.90. The van der Waals surface area contributed by atoms with Crippen LogP contribution in [0.15, 0.2) is 24.3 Å². The van der Waals surface area contributed by atoms with Crippen molar-refractivity contribution < 1.29 is 14.3 Å². The van der Waals surface area contributed by atoms with E-state index in [-0.39, 0.29) is 18.2 Å². The van der Waals surface area contributed by atoms with Crippen LogP contribution in [0.2, 0.25) is 0 Å². The van der Waals surface area contributed by atoms with E-state index in [4.69, 9.17) is 4.74 Å². The summed E-state index contributed by atoms with van der Waals surface area (Å²) in [7, 11) is 0. The van der Waals surface area contributed by atoms with Gasteiger partial charge in [-0.2, -0.15) is 0 Å². The maximum Gasteiger partial charge on any atom is 0.252 e. The van der Waals surface area contributed by atoms with Crippen molar-refractivity contribution in [3.05, 3.63) is 24.3 Å². The van der Waals surface area contributed by atoms with E-state index in [0.717, 1.165) is 12.1 Å². The number of amides is 2. The second-order valence-corrected chi connectivity index (χ2v) is 4.71. The van der Waals surface area contributed by atoms with Gasteiger partial charge in [0.25, 0.3) is 5.91 Å². The summed E-state index contributed by atoms with van der Waals surface area (Å²) in [5.74, 6) is 0.440. The summed E-state index contributed by atoms with van der Waals surface area (Å²) in [6.07, 6.45) is 0.985. The van der Waals surface area contributed by atoms with Crippen molar-refractivity contribution in [3.63, 3.8) is 0 Å². The molecule has 1 aliphatic rings. The van der Waals surface area contributed by atoms with E-state index in [1.165, 1.54) is 4.90 Å². The zero-order chi connectivity index (χ0) is 14.5. The average Bonchev–Trinajstić information content (AvgIpc) is 2.69. The van der Waals surface area contributed by atoms with Crippen LogP contribution in [0, 0.1) is 0 Å². The molecule has 1 atom stereocenters. The molecule has 2 amide bonds. The van der Waals surface area contributed by atoms with E-state index >= 15 is 0 Å². The second-order valence-electron chi connectivity index (χ2n) is 4.71. The molecular formula is C15H20N2O3. The first-order chi connectivity index (χ1) is 9.67. The van der Waals surface area contributed by atoms with Crippen LogP contribution < -0.4 is 10.1 Å². The lowest BCUT2D eigenvalue weighted by molar-refractivity contribution is -0.138. The van der Waals surface area contributed by atoms with Gasteiger partial charge in [-0.05, 0) is 25.5 Å². The van der Waals surface area contributed by atoms with Crippen molar-refractivity contribution in [3.8, 4) is 5.75 Å². The molecule has 1 aromatic rings. The maximum atomic E-state index is 12.2. The van der Waals surface area contributed by atoms with Crippen LogP contribution in [0.4, 0.5) is 5.69 Å². The number of hydrogen-bond donors (Lipinski definition) is 1. The number of nitrogens with one attached hydrogen (secondary N) is 1. The number of hydrogen-bond acceptors (Lipinski definition) is 4. The van der Waals surface area contributed by atoms with Crippen molar-refractivity contribution in [1.29, 1.82) is 0 Å². The van der Waals surface area contributed by atoms with Gasteiger partial charge < -0.3 is 10.1 Å². The standard InChI is InChI=1S/C15H20N2O3/c1-3-9-17-14(18)10-12(15(17)19)16-11-7-5-6-8-13(11)20-4-2/h5-8,12,16H,3-4,9-10H2,1-2H3. The normalized spacial score (nSPS) is 18.5. The first-order valence-electron chi connectivity index (χ1n) is 7.00. The molecule has 5 nitrogen and oxygen atoms in total. The van der Waals surface area contributed by atoms with Gasteiger partial charge in [-0.15, -0.1) is 0 Å². The fourth-order valence-electron chi connectivity index (χ4n) is 2.31. The molecule has 1 saturated heterocycles. The minimum absolute atomic E-state index is 0.108. The van der Waals surface area contributed by atoms with Crippen LogP contribution in [0.25, 0.3) is 0 Å². The smallest absolute Gasteiger partial charge is 0.252 e. The Morgan fingerprint density at radius 2 is 2.05 bits per heavy atom. The highest BCUT2D eigenvalue weighted by atomic mass is 16.5. The molecule has 1 fully saturated rings. The highest BCUT2D eigenvalue weighted by Crippen LogP contribution is 2.27. The molecule has 20 heavy (non-hydrogen) atoms. The summed E-state index contributed by atoms with van der Waals surface area (Å²) in [6, 6.07) is 6.95. The Hall–Kier alpha value is -2.04. The summed E-state index contributed by atoms with van der Waals surface area (Å²) < 4.78 is 5.51. The number of para-hydroxylation sites is 2. The van der Waals surface area contributed by atoms with Gasteiger partial charge >= 0.3 is 0 Å². The largest absolute Gasteiger partial charge is 0.492 e. The molecule has 1 aliphatic heterocycles. The van der Waals surface area contributed by atoms with Gasteiger partial charge in [0.2, 0.25) is 5.91 Å². The Labute approximate surface area is 118 Å². The molecule has 0 bridgehead atoms. The Balaban J connectivity index is 2.11. The Bertz CT molecular complexity index is 502. The lowest BCUT2D eigenvalue weighted by Crippen LogP contribution is -2.35. The third kappa shape index (κ3) is 2.92. The molecule has 0 spiro atoms. The first kappa shape index (κ1) is 14.4. The van der Waals surface area contributed by atoms with Crippen molar-refractivity contribution in [2.45, 2.75) is 32.7 Å².